The van der Waals surface area contributed by atoms with Gasteiger partial charge in [0.2, 0.25) is 0 Å². The minimum absolute atomic E-state index is 0.107. The molecule has 1 atom stereocenters. The second-order valence-corrected chi connectivity index (χ2v) is 6.04. The van der Waals surface area contributed by atoms with Crippen LogP contribution >= 0.6 is 0 Å². The Morgan fingerprint density at radius 2 is 2.29 bits per heavy atom. The number of aliphatic hydroxyl groups is 1. The minimum Gasteiger partial charge on any atom is -0.394 e. The third-order valence-electron chi connectivity index (χ3n) is 4.56. The van der Waals surface area contributed by atoms with Gasteiger partial charge in [-0.15, -0.1) is 0 Å². The largest absolute Gasteiger partial charge is 0.394 e. The zero-order chi connectivity index (χ0) is 16.5. The Morgan fingerprint density at radius 1 is 1.38 bits per heavy atom. The quantitative estimate of drug-likeness (QED) is 0.735. The van der Waals surface area contributed by atoms with E-state index in [2.05, 4.69) is 32.4 Å². The van der Waals surface area contributed by atoms with E-state index in [0.717, 1.165) is 37.2 Å². The molecule has 0 aliphatic heterocycles. The average molecular weight is 327 g/mol. The number of fused-ring (bicyclic) bond motifs is 2. The van der Waals surface area contributed by atoms with Gasteiger partial charge in [0.15, 0.2) is 0 Å². The van der Waals surface area contributed by atoms with E-state index in [1.807, 2.05) is 16.9 Å². The number of nitrogens with zero attached hydrogens (tertiary/aromatic N) is 6. The van der Waals surface area contributed by atoms with Crippen molar-refractivity contribution in [3.63, 3.8) is 0 Å². The van der Waals surface area contributed by atoms with Crippen molar-refractivity contribution in [1.82, 2.24) is 29.4 Å². The molecule has 3 aromatic heterocycles. The number of aliphatic hydroxyl groups excluding tert-OH is 1. The summed E-state index contributed by atoms with van der Waals surface area (Å²) in [7, 11) is 0. The molecule has 8 heteroatoms. The van der Waals surface area contributed by atoms with Gasteiger partial charge in [0.05, 0.1) is 25.4 Å². The second kappa shape index (κ2) is 6.20. The lowest BCUT2D eigenvalue weighted by molar-refractivity contribution is 0.266. The Hall–Kier alpha value is -2.48. The number of aryl methyl sites for hydroxylation is 1. The number of hydrogen-bond acceptors (Lipinski definition) is 6. The van der Waals surface area contributed by atoms with E-state index in [-0.39, 0.29) is 12.6 Å². The number of aromatic nitrogens is 6. The van der Waals surface area contributed by atoms with Crippen LogP contribution in [0.4, 0.5) is 5.82 Å². The van der Waals surface area contributed by atoms with E-state index in [1.54, 1.807) is 4.52 Å². The summed E-state index contributed by atoms with van der Waals surface area (Å²) in [6, 6.07) is 2.22. The zero-order valence-electron chi connectivity index (χ0n) is 13.7. The predicted octanol–water partition coefficient (Wildman–Crippen LogP) is 1.36. The van der Waals surface area contributed by atoms with Crippen LogP contribution in [0.3, 0.4) is 0 Å². The summed E-state index contributed by atoms with van der Waals surface area (Å²) in [5, 5.41) is 21.5. The van der Waals surface area contributed by atoms with Crippen molar-refractivity contribution in [2.45, 2.75) is 45.2 Å². The van der Waals surface area contributed by atoms with E-state index < -0.39 is 0 Å². The van der Waals surface area contributed by atoms with Crippen LogP contribution in [0.2, 0.25) is 0 Å². The molecule has 1 unspecified atom stereocenters. The van der Waals surface area contributed by atoms with Gasteiger partial charge in [0.1, 0.15) is 12.1 Å². The predicted molar refractivity (Wildman–Crippen MR) is 88.8 cm³/mol. The van der Waals surface area contributed by atoms with Crippen LogP contribution in [-0.4, -0.2) is 41.1 Å². The van der Waals surface area contributed by atoms with Crippen molar-refractivity contribution in [3.05, 3.63) is 35.5 Å². The first-order chi connectivity index (χ1) is 11.8. The molecule has 1 aliphatic carbocycles. The first-order valence-electron chi connectivity index (χ1n) is 8.41. The van der Waals surface area contributed by atoms with E-state index in [4.69, 9.17) is 0 Å². The molecule has 0 saturated heterocycles. The van der Waals surface area contributed by atoms with E-state index in [0.29, 0.717) is 12.3 Å². The van der Waals surface area contributed by atoms with Crippen LogP contribution in [0.5, 0.6) is 0 Å². The van der Waals surface area contributed by atoms with E-state index >= 15 is 0 Å². The molecule has 126 valence electrons. The van der Waals surface area contributed by atoms with Crippen molar-refractivity contribution in [2.24, 2.45) is 0 Å². The number of rotatable bonds is 5. The van der Waals surface area contributed by atoms with E-state index in [9.17, 15) is 5.11 Å². The molecule has 0 spiro atoms. The lowest BCUT2D eigenvalue weighted by atomic mass is 9.93. The van der Waals surface area contributed by atoms with Gasteiger partial charge >= 0.3 is 0 Å². The maximum Gasteiger partial charge on any atom is 0.254 e. The molecule has 8 nitrogen and oxygen atoms in total. The average Bonchev–Trinajstić information content (AvgIpc) is 3.23. The van der Waals surface area contributed by atoms with E-state index in [1.165, 1.54) is 17.6 Å². The summed E-state index contributed by atoms with van der Waals surface area (Å²) in [5.74, 6) is 1.52. The van der Waals surface area contributed by atoms with Crippen LogP contribution in [0, 0.1) is 0 Å². The summed E-state index contributed by atoms with van der Waals surface area (Å²) in [5.41, 5.74) is 3.41. The molecular formula is C16H21N7O. The maximum absolute atomic E-state index is 9.19. The van der Waals surface area contributed by atoms with Gasteiger partial charge in [-0.25, -0.2) is 4.98 Å². The molecule has 3 aromatic rings. The first-order valence-corrected chi connectivity index (χ1v) is 8.41. The summed E-state index contributed by atoms with van der Waals surface area (Å²) in [6.07, 6.45) is 7.43. The molecule has 3 heterocycles. The van der Waals surface area contributed by atoms with Gasteiger partial charge in [-0.2, -0.15) is 19.7 Å². The summed E-state index contributed by atoms with van der Waals surface area (Å²) in [6.45, 7) is 2.73. The minimum atomic E-state index is 0.107. The number of anilines is 1. The fourth-order valence-corrected chi connectivity index (χ4v) is 3.38. The molecule has 4 rings (SSSR count). The normalized spacial score (nSPS) is 17.2. The fourth-order valence-electron chi connectivity index (χ4n) is 3.38. The van der Waals surface area contributed by atoms with Crippen molar-refractivity contribution in [2.75, 3.05) is 11.9 Å². The molecule has 0 bridgehead atoms. The summed E-state index contributed by atoms with van der Waals surface area (Å²) < 4.78 is 3.66. The van der Waals surface area contributed by atoms with Gasteiger partial charge in [-0.3, -0.25) is 4.68 Å². The molecule has 2 N–H and O–H groups in total. The molecule has 0 amide bonds. The van der Waals surface area contributed by atoms with Crippen LogP contribution < -0.4 is 5.32 Å². The molecule has 1 aliphatic rings. The Kier molecular flexibility index (Phi) is 3.89. The van der Waals surface area contributed by atoms with Crippen molar-refractivity contribution in [3.8, 4) is 0 Å². The second-order valence-electron chi connectivity index (χ2n) is 6.04. The SMILES string of the molecule is CCc1cc(NC2CCCc3c2cnn3CCO)n2ncnc2n1. The van der Waals surface area contributed by atoms with Crippen molar-refractivity contribution < 1.29 is 5.11 Å². The topological polar surface area (TPSA) is 93.2 Å². The Bertz CT molecular complexity index is 853. The Labute approximate surface area is 139 Å². The standard InChI is InChI=1S/C16H21N7O/c1-2-11-8-15(23-16(20-11)17-10-19-23)21-13-4-3-5-14-12(13)9-18-22(14)6-7-24/h8-10,13,21,24H,2-7H2,1H3. The highest BCUT2D eigenvalue weighted by Gasteiger charge is 2.25. The lowest BCUT2D eigenvalue weighted by Crippen LogP contribution is -2.20. The van der Waals surface area contributed by atoms with Crippen LogP contribution in [0.25, 0.3) is 5.78 Å². The maximum atomic E-state index is 9.19. The Morgan fingerprint density at radius 3 is 3.12 bits per heavy atom. The third-order valence-corrected chi connectivity index (χ3v) is 4.56. The first kappa shape index (κ1) is 15.1. The summed E-state index contributed by atoms with van der Waals surface area (Å²) in [4.78, 5) is 8.70. The lowest BCUT2D eigenvalue weighted by Gasteiger charge is -2.25. The highest BCUT2D eigenvalue weighted by molar-refractivity contribution is 5.47. The smallest absolute Gasteiger partial charge is 0.254 e. The van der Waals surface area contributed by atoms with Crippen molar-refractivity contribution >= 4 is 11.6 Å². The molecule has 24 heavy (non-hydrogen) atoms. The molecule has 0 saturated carbocycles. The monoisotopic (exact) mass is 327 g/mol. The van der Waals surface area contributed by atoms with Gasteiger partial charge in [0, 0.05) is 23.0 Å². The van der Waals surface area contributed by atoms with Gasteiger partial charge in [-0.1, -0.05) is 6.92 Å². The van der Waals surface area contributed by atoms with Gasteiger partial charge in [0.25, 0.3) is 5.78 Å². The Balaban J connectivity index is 1.69. The fraction of sp³-hybridized carbons (Fsp3) is 0.500. The molecular weight excluding hydrogens is 306 g/mol. The van der Waals surface area contributed by atoms with Crippen LogP contribution in [0.1, 0.15) is 42.8 Å². The highest BCUT2D eigenvalue weighted by atomic mass is 16.3. The van der Waals surface area contributed by atoms with Crippen LogP contribution in [-0.2, 0) is 19.4 Å². The van der Waals surface area contributed by atoms with Gasteiger partial charge < -0.3 is 10.4 Å². The van der Waals surface area contributed by atoms with Crippen molar-refractivity contribution in [1.29, 1.82) is 0 Å². The molecule has 0 radical (unpaired) electrons. The highest BCUT2D eigenvalue weighted by Crippen LogP contribution is 2.32. The third kappa shape index (κ3) is 2.52. The zero-order valence-corrected chi connectivity index (χ0v) is 13.7. The van der Waals surface area contributed by atoms with Crippen LogP contribution in [0.15, 0.2) is 18.6 Å². The van der Waals surface area contributed by atoms with Gasteiger partial charge in [-0.05, 0) is 25.7 Å². The molecule has 0 fully saturated rings. The summed E-state index contributed by atoms with van der Waals surface area (Å²) >= 11 is 0. The number of hydrogen-bond donors (Lipinski definition) is 2. The molecule has 0 aromatic carbocycles. The number of nitrogens with one attached hydrogen (secondary N) is 1.